The molecule has 0 bridgehead atoms. The Morgan fingerprint density at radius 1 is 1.30 bits per heavy atom. The summed E-state index contributed by atoms with van der Waals surface area (Å²) in [6.07, 6.45) is 1.87. The molecule has 0 saturated carbocycles. The highest BCUT2D eigenvalue weighted by molar-refractivity contribution is 5.94. The fourth-order valence-electron chi connectivity index (χ4n) is 2.07. The van der Waals surface area contributed by atoms with Crippen LogP contribution in [0.1, 0.15) is 16.1 Å². The Morgan fingerprint density at radius 2 is 2.04 bits per heavy atom. The van der Waals surface area contributed by atoms with Gasteiger partial charge in [-0.05, 0) is 11.6 Å². The fraction of sp³-hybridized carbons (Fsp3) is 0.312. The number of aliphatic carboxylic acids is 1. The van der Waals surface area contributed by atoms with Gasteiger partial charge in [-0.3, -0.25) is 9.48 Å². The molecule has 1 amide bonds. The number of ether oxygens (including phenoxy) is 1. The number of carboxylic acid groups (broad SMARTS) is 1. The van der Waals surface area contributed by atoms with Crippen LogP contribution in [0.5, 0.6) is 0 Å². The quantitative estimate of drug-likeness (QED) is 0.756. The van der Waals surface area contributed by atoms with Crippen LogP contribution in [0.2, 0.25) is 0 Å². The summed E-state index contributed by atoms with van der Waals surface area (Å²) in [5.74, 6) is -1.59. The highest BCUT2D eigenvalue weighted by Crippen LogP contribution is 2.05. The van der Waals surface area contributed by atoms with Crippen LogP contribution < -0.4 is 5.32 Å². The molecule has 1 aromatic carbocycles. The number of hydrogen-bond donors (Lipinski definition) is 2. The van der Waals surface area contributed by atoms with Crippen LogP contribution in [0.25, 0.3) is 0 Å². The molecule has 0 fully saturated rings. The van der Waals surface area contributed by atoms with E-state index >= 15 is 0 Å². The molecule has 1 atom stereocenters. The van der Waals surface area contributed by atoms with Crippen LogP contribution in [0.3, 0.4) is 0 Å². The molecular weight excluding hydrogens is 298 g/mol. The van der Waals surface area contributed by atoms with Crippen molar-refractivity contribution in [3.05, 3.63) is 53.9 Å². The zero-order chi connectivity index (χ0) is 16.7. The van der Waals surface area contributed by atoms with E-state index in [9.17, 15) is 14.7 Å². The Labute approximate surface area is 133 Å². The number of carboxylic acids is 1. The minimum absolute atomic E-state index is 0.181. The normalized spacial score (nSPS) is 11.9. The Bertz CT molecular complexity index is 654. The number of rotatable bonds is 8. The molecular formula is C16H19N3O4. The van der Waals surface area contributed by atoms with Crippen LogP contribution >= 0.6 is 0 Å². The molecule has 122 valence electrons. The molecule has 0 radical (unpaired) electrons. The SMILES string of the molecule is COCCn1ccc(C(=O)N[C@H](Cc2ccccc2)C(=O)O)n1. The third kappa shape index (κ3) is 4.93. The van der Waals surface area contributed by atoms with E-state index in [-0.39, 0.29) is 12.1 Å². The molecule has 1 aromatic heterocycles. The van der Waals surface area contributed by atoms with E-state index in [0.717, 1.165) is 5.56 Å². The van der Waals surface area contributed by atoms with E-state index in [1.54, 1.807) is 24.1 Å². The Hall–Kier alpha value is -2.67. The van der Waals surface area contributed by atoms with Crippen LogP contribution in [0.15, 0.2) is 42.6 Å². The summed E-state index contributed by atoms with van der Waals surface area (Å²) >= 11 is 0. The largest absolute Gasteiger partial charge is 0.480 e. The van der Waals surface area contributed by atoms with E-state index in [1.165, 1.54) is 0 Å². The predicted octanol–water partition coefficient (Wildman–Crippen LogP) is 0.955. The molecule has 2 aromatic rings. The number of carbonyl (C=O) groups is 2. The van der Waals surface area contributed by atoms with E-state index in [4.69, 9.17) is 4.74 Å². The maximum absolute atomic E-state index is 12.2. The van der Waals surface area contributed by atoms with Crippen molar-refractivity contribution in [3.63, 3.8) is 0 Å². The topological polar surface area (TPSA) is 93.5 Å². The lowest BCUT2D eigenvalue weighted by Crippen LogP contribution is -2.42. The summed E-state index contributed by atoms with van der Waals surface area (Å²) < 4.78 is 6.51. The average molecular weight is 317 g/mol. The lowest BCUT2D eigenvalue weighted by atomic mass is 10.1. The first-order valence-corrected chi connectivity index (χ1v) is 7.20. The van der Waals surface area contributed by atoms with Gasteiger partial charge in [-0.25, -0.2) is 4.79 Å². The lowest BCUT2D eigenvalue weighted by Gasteiger charge is -2.13. The van der Waals surface area contributed by atoms with Crippen molar-refractivity contribution >= 4 is 11.9 Å². The summed E-state index contributed by atoms with van der Waals surface area (Å²) in [5.41, 5.74) is 1.02. The van der Waals surface area contributed by atoms with E-state index in [2.05, 4.69) is 10.4 Å². The van der Waals surface area contributed by atoms with Gasteiger partial charge in [-0.15, -0.1) is 0 Å². The van der Waals surface area contributed by atoms with Gasteiger partial charge in [-0.2, -0.15) is 5.10 Å². The molecule has 0 aliphatic rings. The van der Waals surface area contributed by atoms with Crippen molar-refractivity contribution < 1.29 is 19.4 Å². The summed E-state index contributed by atoms with van der Waals surface area (Å²) in [6, 6.07) is 9.69. The minimum atomic E-state index is -1.08. The molecule has 2 N–H and O–H groups in total. The van der Waals surface area contributed by atoms with Crippen LogP contribution in [-0.2, 0) is 22.5 Å². The third-order valence-corrected chi connectivity index (χ3v) is 3.28. The number of benzene rings is 1. The molecule has 2 rings (SSSR count). The molecule has 0 aliphatic carbocycles. The standard InChI is InChI=1S/C16H19N3O4/c1-23-10-9-19-8-7-13(18-19)15(20)17-14(16(21)22)11-12-5-3-2-4-6-12/h2-8,14H,9-11H2,1H3,(H,17,20)(H,21,22)/t14-/m1/s1. The number of methoxy groups -OCH3 is 1. The van der Waals surface area contributed by atoms with Crippen LogP contribution in [0.4, 0.5) is 0 Å². The number of nitrogens with one attached hydrogen (secondary N) is 1. The van der Waals surface area contributed by atoms with Gasteiger partial charge in [-0.1, -0.05) is 30.3 Å². The zero-order valence-electron chi connectivity index (χ0n) is 12.8. The highest BCUT2D eigenvalue weighted by atomic mass is 16.5. The Balaban J connectivity index is 2.00. The zero-order valence-corrected chi connectivity index (χ0v) is 12.8. The van der Waals surface area contributed by atoms with Gasteiger partial charge in [0.25, 0.3) is 5.91 Å². The van der Waals surface area contributed by atoms with Crippen molar-refractivity contribution in [1.29, 1.82) is 0 Å². The molecule has 1 heterocycles. The van der Waals surface area contributed by atoms with Gasteiger partial charge in [0.15, 0.2) is 0 Å². The maximum atomic E-state index is 12.2. The number of aromatic nitrogens is 2. The molecule has 23 heavy (non-hydrogen) atoms. The van der Waals surface area contributed by atoms with Crippen molar-refractivity contribution in [1.82, 2.24) is 15.1 Å². The molecule has 0 saturated heterocycles. The maximum Gasteiger partial charge on any atom is 0.326 e. The number of amides is 1. The second kappa shape index (κ2) is 8.09. The first kappa shape index (κ1) is 16.7. The predicted molar refractivity (Wildman–Crippen MR) is 83.1 cm³/mol. The number of nitrogens with zero attached hydrogens (tertiary/aromatic N) is 2. The summed E-state index contributed by atoms with van der Waals surface area (Å²) in [6.45, 7) is 1.00. The van der Waals surface area contributed by atoms with E-state index in [1.807, 2.05) is 30.3 Å². The molecule has 0 aliphatic heterocycles. The minimum Gasteiger partial charge on any atom is -0.480 e. The number of hydrogen-bond acceptors (Lipinski definition) is 4. The van der Waals surface area contributed by atoms with Gasteiger partial charge >= 0.3 is 5.97 Å². The van der Waals surface area contributed by atoms with Gasteiger partial charge in [0.1, 0.15) is 11.7 Å². The molecule has 0 unspecified atom stereocenters. The molecule has 7 heteroatoms. The van der Waals surface area contributed by atoms with Crippen molar-refractivity contribution in [3.8, 4) is 0 Å². The Kier molecular flexibility index (Phi) is 5.87. The van der Waals surface area contributed by atoms with E-state index < -0.39 is 17.9 Å². The van der Waals surface area contributed by atoms with Crippen LogP contribution in [-0.4, -0.2) is 46.5 Å². The van der Waals surface area contributed by atoms with Crippen molar-refractivity contribution in [2.45, 2.75) is 19.0 Å². The van der Waals surface area contributed by atoms with Crippen molar-refractivity contribution in [2.75, 3.05) is 13.7 Å². The number of carbonyl (C=O) groups excluding carboxylic acids is 1. The summed E-state index contributed by atoms with van der Waals surface area (Å²) in [7, 11) is 1.58. The lowest BCUT2D eigenvalue weighted by molar-refractivity contribution is -0.139. The van der Waals surface area contributed by atoms with Gasteiger partial charge in [0, 0.05) is 19.7 Å². The monoisotopic (exact) mass is 317 g/mol. The first-order chi connectivity index (χ1) is 11.1. The second-order valence-electron chi connectivity index (χ2n) is 5.01. The van der Waals surface area contributed by atoms with Gasteiger partial charge in [0.05, 0.1) is 13.2 Å². The average Bonchev–Trinajstić information content (AvgIpc) is 3.02. The summed E-state index contributed by atoms with van der Waals surface area (Å²) in [4.78, 5) is 23.5. The highest BCUT2D eigenvalue weighted by Gasteiger charge is 2.22. The third-order valence-electron chi connectivity index (χ3n) is 3.28. The van der Waals surface area contributed by atoms with Crippen molar-refractivity contribution in [2.24, 2.45) is 0 Å². The molecule has 7 nitrogen and oxygen atoms in total. The van der Waals surface area contributed by atoms with Gasteiger partial charge in [0.2, 0.25) is 0 Å². The smallest absolute Gasteiger partial charge is 0.326 e. The van der Waals surface area contributed by atoms with Gasteiger partial charge < -0.3 is 15.2 Å². The summed E-state index contributed by atoms with van der Waals surface area (Å²) in [5, 5.41) is 15.9. The second-order valence-corrected chi connectivity index (χ2v) is 5.01. The molecule has 0 spiro atoms. The first-order valence-electron chi connectivity index (χ1n) is 7.20. The Morgan fingerprint density at radius 3 is 2.70 bits per heavy atom. The van der Waals surface area contributed by atoms with Crippen LogP contribution in [0, 0.1) is 0 Å². The van der Waals surface area contributed by atoms with E-state index in [0.29, 0.717) is 13.2 Å². The fourth-order valence-corrected chi connectivity index (χ4v) is 2.07.